The maximum Gasteiger partial charge on any atom is 0.150 e. The molecule has 2 rings (SSSR count). The minimum Gasteiger partial charge on any atom is -0.314 e. The lowest BCUT2D eigenvalue weighted by Crippen LogP contribution is -2.39. The van der Waals surface area contributed by atoms with Crippen LogP contribution in [0.3, 0.4) is 0 Å². The summed E-state index contributed by atoms with van der Waals surface area (Å²) in [6, 6.07) is 0.425. The molecule has 92 valence electrons. The van der Waals surface area contributed by atoms with Crippen molar-refractivity contribution in [2.45, 2.75) is 38.1 Å². The smallest absolute Gasteiger partial charge is 0.150 e. The highest BCUT2D eigenvalue weighted by molar-refractivity contribution is 7.91. The molecule has 0 saturated carbocycles. The molecular formula is C12H21NO2S. The fourth-order valence-corrected chi connectivity index (χ4v) is 3.96. The molecular weight excluding hydrogens is 222 g/mol. The molecule has 1 aliphatic heterocycles. The quantitative estimate of drug-likeness (QED) is 0.764. The van der Waals surface area contributed by atoms with Crippen molar-refractivity contribution < 1.29 is 8.42 Å². The molecule has 0 spiro atoms. The average Bonchev–Trinajstić information content (AvgIpc) is 2.29. The van der Waals surface area contributed by atoms with E-state index < -0.39 is 9.84 Å². The Morgan fingerprint density at radius 3 is 2.50 bits per heavy atom. The number of nitrogens with one attached hydrogen (secondary N) is 1. The van der Waals surface area contributed by atoms with E-state index in [1.54, 1.807) is 0 Å². The SMILES string of the molecule is O=S1(=O)CCC(NCC2CC=CCC2)CC1. The Labute approximate surface area is 98.2 Å². The minimum atomic E-state index is -2.71. The highest BCUT2D eigenvalue weighted by Gasteiger charge is 2.23. The second-order valence-corrected chi connectivity index (χ2v) is 7.29. The van der Waals surface area contributed by atoms with Crippen LogP contribution in [0.5, 0.6) is 0 Å². The number of allylic oxidation sites excluding steroid dienone is 2. The van der Waals surface area contributed by atoms with Crippen molar-refractivity contribution in [3.63, 3.8) is 0 Å². The van der Waals surface area contributed by atoms with Crippen LogP contribution in [0.1, 0.15) is 32.1 Å². The maximum absolute atomic E-state index is 11.3. The van der Waals surface area contributed by atoms with Crippen molar-refractivity contribution in [2.24, 2.45) is 5.92 Å². The third-order valence-corrected chi connectivity index (χ3v) is 5.34. The molecule has 3 nitrogen and oxygen atoms in total. The lowest BCUT2D eigenvalue weighted by molar-refractivity contribution is 0.385. The van der Waals surface area contributed by atoms with Crippen molar-refractivity contribution in [3.05, 3.63) is 12.2 Å². The zero-order valence-electron chi connectivity index (χ0n) is 9.69. The first-order chi connectivity index (χ1) is 7.66. The summed E-state index contributed by atoms with van der Waals surface area (Å²) in [5.74, 6) is 1.49. The van der Waals surface area contributed by atoms with Crippen LogP contribution < -0.4 is 5.32 Å². The number of sulfone groups is 1. The largest absolute Gasteiger partial charge is 0.314 e. The van der Waals surface area contributed by atoms with Crippen LogP contribution in [-0.2, 0) is 9.84 Å². The molecule has 0 amide bonds. The van der Waals surface area contributed by atoms with Gasteiger partial charge in [0.2, 0.25) is 0 Å². The van der Waals surface area contributed by atoms with Crippen molar-refractivity contribution >= 4 is 9.84 Å². The number of hydrogen-bond donors (Lipinski definition) is 1. The summed E-state index contributed by atoms with van der Waals surface area (Å²) in [5.41, 5.74) is 0. The van der Waals surface area contributed by atoms with Crippen molar-refractivity contribution in [1.82, 2.24) is 5.32 Å². The van der Waals surface area contributed by atoms with Gasteiger partial charge < -0.3 is 5.32 Å². The Hall–Kier alpha value is -0.350. The molecule has 2 aliphatic rings. The lowest BCUT2D eigenvalue weighted by atomic mass is 9.94. The lowest BCUT2D eigenvalue weighted by Gasteiger charge is -2.26. The van der Waals surface area contributed by atoms with Crippen LogP contribution in [0.2, 0.25) is 0 Å². The summed E-state index contributed by atoms with van der Waals surface area (Å²) in [7, 11) is -2.71. The van der Waals surface area contributed by atoms with E-state index in [9.17, 15) is 8.42 Å². The molecule has 0 aromatic carbocycles. The monoisotopic (exact) mass is 243 g/mol. The van der Waals surface area contributed by atoms with Gasteiger partial charge in [-0.1, -0.05) is 12.2 Å². The fourth-order valence-electron chi connectivity index (χ4n) is 2.47. The first kappa shape index (κ1) is 12.1. The molecule has 16 heavy (non-hydrogen) atoms. The fraction of sp³-hybridized carbons (Fsp3) is 0.833. The third kappa shape index (κ3) is 3.59. The first-order valence-corrected chi connectivity index (χ1v) is 8.07. The van der Waals surface area contributed by atoms with Crippen molar-refractivity contribution in [1.29, 1.82) is 0 Å². The first-order valence-electron chi connectivity index (χ1n) is 6.24. The van der Waals surface area contributed by atoms with Crippen molar-refractivity contribution in [3.8, 4) is 0 Å². The van der Waals surface area contributed by atoms with E-state index in [0.717, 1.165) is 25.3 Å². The highest BCUT2D eigenvalue weighted by atomic mass is 32.2. The van der Waals surface area contributed by atoms with Gasteiger partial charge in [-0.05, 0) is 44.6 Å². The topological polar surface area (TPSA) is 46.2 Å². The van der Waals surface area contributed by atoms with Gasteiger partial charge in [-0.2, -0.15) is 0 Å². The maximum atomic E-state index is 11.3. The number of rotatable bonds is 3. The second kappa shape index (κ2) is 5.32. The molecule has 1 atom stereocenters. The molecule has 1 saturated heterocycles. The van der Waals surface area contributed by atoms with E-state index in [1.165, 1.54) is 19.3 Å². The molecule has 0 aromatic rings. The minimum absolute atomic E-state index is 0.370. The summed E-state index contributed by atoms with van der Waals surface area (Å²) < 4.78 is 22.5. The zero-order chi connectivity index (χ0) is 11.4. The van der Waals surface area contributed by atoms with Gasteiger partial charge in [0.15, 0.2) is 0 Å². The van der Waals surface area contributed by atoms with Crippen molar-refractivity contribution in [2.75, 3.05) is 18.1 Å². The summed E-state index contributed by atoms with van der Waals surface area (Å²) in [4.78, 5) is 0. The van der Waals surface area contributed by atoms with Gasteiger partial charge in [-0.15, -0.1) is 0 Å². The molecule has 1 aliphatic carbocycles. The van der Waals surface area contributed by atoms with E-state index in [4.69, 9.17) is 0 Å². The number of hydrogen-bond acceptors (Lipinski definition) is 3. The highest BCUT2D eigenvalue weighted by Crippen LogP contribution is 2.18. The summed E-state index contributed by atoms with van der Waals surface area (Å²) in [5, 5.41) is 3.53. The Bertz CT molecular complexity index is 334. The summed E-state index contributed by atoms with van der Waals surface area (Å²) in [6.07, 6.45) is 9.76. The molecule has 0 aromatic heterocycles. The Kier molecular flexibility index (Phi) is 4.03. The van der Waals surface area contributed by atoms with Crippen LogP contribution in [0.4, 0.5) is 0 Å². The van der Waals surface area contributed by atoms with E-state index in [1.807, 2.05) is 0 Å². The predicted molar refractivity (Wildman–Crippen MR) is 66.2 cm³/mol. The van der Waals surface area contributed by atoms with E-state index in [2.05, 4.69) is 17.5 Å². The standard InChI is InChI=1S/C12H21NO2S/c14-16(15)8-6-12(7-9-16)13-10-11-4-2-1-3-5-11/h1-2,11-13H,3-10H2. The molecule has 4 heteroatoms. The molecule has 1 unspecified atom stereocenters. The molecule has 0 radical (unpaired) electrons. The molecule has 1 heterocycles. The van der Waals surface area contributed by atoms with Gasteiger partial charge in [-0.3, -0.25) is 0 Å². The zero-order valence-corrected chi connectivity index (χ0v) is 10.5. The van der Waals surface area contributed by atoms with Gasteiger partial charge in [0.1, 0.15) is 9.84 Å². The normalized spacial score (nSPS) is 30.4. The second-order valence-electron chi connectivity index (χ2n) is 4.98. The van der Waals surface area contributed by atoms with Crippen LogP contribution in [-0.4, -0.2) is 32.5 Å². The molecule has 1 fully saturated rings. The Balaban J connectivity index is 1.69. The van der Waals surface area contributed by atoms with E-state index >= 15 is 0 Å². The predicted octanol–water partition coefficient (Wildman–Crippen LogP) is 1.51. The molecule has 0 bridgehead atoms. The van der Waals surface area contributed by atoms with Crippen LogP contribution >= 0.6 is 0 Å². The van der Waals surface area contributed by atoms with Gasteiger partial charge >= 0.3 is 0 Å². The van der Waals surface area contributed by atoms with Gasteiger partial charge in [0.25, 0.3) is 0 Å². The third-order valence-electron chi connectivity index (χ3n) is 3.63. The Morgan fingerprint density at radius 2 is 1.88 bits per heavy atom. The van der Waals surface area contributed by atoms with E-state index in [-0.39, 0.29) is 0 Å². The van der Waals surface area contributed by atoms with Crippen LogP contribution in [0, 0.1) is 5.92 Å². The van der Waals surface area contributed by atoms with Gasteiger partial charge in [-0.25, -0.2) is 8.42 Å². The summed E-state index contributed by atoms with van der Waals surface area (Å²) >= 11 is 0. The molecule has 1 N–H and O–H groups in total. The van der Waals surface area contributed by atoms with Crippen LogP contribution in [0.25, 0.3) is 0 Å². The van der Waals surface area contributed by atoms with Gasteiger partial charge in [0.05, 0.1) is 11.5 Å². The average molecular weight is 243 g/mol. The van der Waals surface area contributed by atoms with Gasteiger partial charge in [0, 0.05) is 6.04 Å². The Morgan fingerprint density at radius 1 is 1.12 bits per heavy atom. The summed E-state index contributed by atoms with van der Waals surface area (Å²) in [6.45, 7) is 1.05. The van der Waals surface area contributed by atoms with E-state index in [0.29, 0.717) is 17.5 Å². The van der Waals surface area contributed by atoms with Crippen LogP contribution in [0.15, 0.2) is 12.2 Å².